The van der Waals surface area contributed by atoms with Crippen molar-refractivity contribution in [1.29, 1.82) is 0 Å². The molecule has 130 valence electrons. The number of amides is 1. The molecule has 0 atom stereocenters. The van der Waals surface area contributed by atoms with Gasteiger partial charge in [-0.2, -0.15) is 0 Å². The van der Waals surface area contributed by atoms with Crippen LogP contribution in [-0.2, 0) is 24.3 Å². The van der Waals surface area contributed by atoms with Gasteiger partial charge in [0.2, 0.25) is 15.9 Å². The largest absolute Gasteiger partial charge is 0.481 e. The summed E-state index contributed by atoms with van der Waals surface area (Å²) < 4.78 is 30.6. The lowest BCUT2D eigenvalue weighted by atomic mass is 9.98. The van der Waals surface area contributed by atoms with Crippen LogP contribution < -0.4 is 10.0 Å². The summed E-state index contributed by atoms with van der Waals surface area (Å²) in [7, 11) is -3.58. The van der Waals surface area contributed by atoms with Gasteiger partial charge in [-0.3, -0.25) is 9.59 Å². The van der Waals surface area contributed by atoms with Gasteiger partial charge in [-0.05, 0) is 34.1 Å². The van der Waals surface area contributed by atoms with Crippen LogP contribution in [0.2, 0.25) is 0 Å². The van der Waals surface area contributed by atoms with Crippen LogP contribution in [-0.4, -0.2) is 55.9 Å². The quantitative estimate of drug-likeness (QED) is 0.491. The number of aliphatic carboxylic acids is 1. The second-order valence-electron chi connectivity index (χ2n) is 5.89. The van der Waals surface area contributed by atoms with Crippen LogP contribution in [0.5, 0.6) is 0 Å². The van der Waals surface area contributed by atoms with Gasteiger partial charge in [0.25, 0.3) is 0 Å². The van der Waals surface area contributed by atoms with E-state index in [0.29, 0.717) is 0 Å². The van der Waals surface area contributed by atoms with Crippen LogP contribution in [0.25, 0.3) is 0 Å². The lowest BCUT2D eigenvalue weighted by Gasteiger charge is -2.25. The van der Waals surface area contributed by atoms with Gasteiger partial charge in [-0.15, -0.1) is 0 Å². The maximum absolute atomic E-state index is 11.7. The first kappa shape index (κ1) is 20.8. The fourth-order valence-corrected chi connectivity index (χ4v) is 2.36. The Morgan fingerprint density at radius 1 is 1.27 bits per heavy atom. The van der Waals surface area contributed by atoms with Gasteiger partial charge in [0, 0.05) is 12.0 Å². The van der Waals surface area contributed by atoms with Crippen LogP contribution in [0.15, 0.2) is 0 Å². The van der Waals surface area contributed by atoms with E-state index in [1.807, 2.05) is 0 Å². The predicted molar refractivity (Wildman–Crippen MR) is 82.0 cm³/mol. The van der Waals surface area contributed by atoms with Crippen molar-refractivity contribution in [3.05, 3.63) is 0 Å². The lowest BCUT2D eigenvalue weighted by Crippen LogP contribution is -2.48. The summed E-state index contributed by atoms with van der Waals surface area (Å²) in [6.07, 6.45) is 0.114. The Balaban J connectivity index is 4.18. The van der Waals surface area contributed by atoms with E-state index in [1.165, 1.54) is 0 Å². The molecule has 0 unspecified atom stereocenters. The molecule has 9 heteroatoms. The Bertz CT molecular complexity index is 473. The van der Waals surface area contributed by atoms with Gasteiger partial charge in [-0.25, -0.2) is 13.1 Å². The van der Waals surface area contributed by atoms with E-state index in [9.17, 15) is 18.0 Å². The predicted octanol–water partition coefficient (Wildman–Crippen LogP) is 0.0904. The second-order valence-corrected chi connectivity index (χ2v) is 7.81. The highest BCUT2D eigenvalue weighted by Crippen LogP contribution is 2.10. The molecule has 0 aromatic carbocycles. The summed E-state index contributed by atoms with van der Waals surface area (Å²) in [5.74, 6) is -1.68. The van der Waals surface area contributed by atoms with Crippen molar-refractivity contribution < 1.29 is 27.9 Å². The summed E-state index contributed by atoms with van der Waals surface area (Å²) in [5.41, 5.74) is -0.721. The van der Waals surface area contributed by atoms with Crippen molar-refractivity contribution in [2.75, 3.05) is 18.9 Å². The van der Waals surface area contributed by atoms with Crippen molar-refractivity contribution in [2.45, 2.75) is 52.2 Å². The molecule has 0 saturated heterocycles. The van der Waals surface area contributed by atoms with Crippen LogP contribution in [0.4, 0.5) is 0 Å². The molecule has 0 aliphatic carbocycles. The maximum atomic E-state index is 11.7. The Labute approximate surface area is 131 Å². The van der Waals surface area contributed by atoms with Crippen LogP contribution in [0.3, 0.4) is 0 Å². The van der Waals surface area contributed by atoms with Crippen molar-refractivity contribution in [3.8, 4) is 0 Å². The smallest absolute Gasteiger partial charge is 0.303 e. The van der Waals surface area contributed by atoms with Crippen molar-refractivity contribution in [1.82, 2.24) is 10.0 Å². The third-order valence-electron chi connectivity index (χ3n) is 2.70. The zero-order chi connectivity index (χ0) is 17.4. The minimum absolute atomic E-state index is 0.0543. The summed E-state index contributed by atoms with van der Waals surface area (Å²) in [6.45, 7) is 6.62. The third kappa shape index (κ3) is 11.5. The number of carbonyl (C=O) groups excluding carboxylic acids is 1. The average molecular weight is 338 g/mol. The molecule has 0 fully saturated rings. The Morgan fingerprint density at radius 3 is 2.36 bits per heavy atom. The number of hydrogen-bond donors (Lipinski definition) is 3. The molecule has 0 spiro atoms. The first-order valence-electron chi connectivity index (χ1n) is 7.05. The number of nitrogens with one attached hydrogen (secondary N) is 2. The summed E-state index contributed by atoms with van der Waals surface area (Å²) >= 11 is 0. The van der Waals surface area contributed by atoms with Gasteiger partial charge >= 0.3 is 5.97 Å². The number of carboxylic acid groups (broad SMARTS) is 1. The molecule has 0 aliphatic heterocycles. The molecule has 22 heavy (non-hydrogen) atoms. The molecule has 0 aliphatic rings. The first-order valence-corrected chi connectivity index (χ1v) is 8.70. The second kappa shape index (κ2) is 9.06. The third-order valence-corrected chi connectivity index (χ3v) is 3.99. The van der Waals surface area contributed by atoms with E-state index >= 15 is 0 Å². The molecule has 1 amide bonds. The molecular formula is C13H26N2O6S. The Morgan fingerprint density at radius 2 is 1.86 bits per heavy atom. The van der Waals surface area contributed by atoms with E-state index in [0.717, 1.165) is 0 Å². The first-order chi connectivity index (χ1) is 9.93. The number of sulfonamides is 1. The number of carbonyl (C=O) groups is 2. The summed E-state index contributed by atoms with van der Waals surface area (Å²) in [4.78, 5) is 22.2. The SMILES string of the molecule is CC(C)OCCS(=O)(=O)NCC(=O)NC(C)(C)CCC(=O)O. The minimum atomic E-state index is -3.58. The zero-order valence-electron chi connectivity index (χ0n) is 13.5. The van der Waals surface area contributed by atoms with Crippen LogP contribution in [0, 0.1) is 0 Å². The standard InChI is InChI=1S/C13H26N2O6S/c1-10(2)21-7-8-22(19,20)14-9-11(16)15-13(3,4)6-5-12(17)18/h10,14H,5-9H2,1-4H3,(H,15,16)(H,17,18). The summed E-state index contributed by atoms with van der Waals surface area (Å²) in [5, 5.41) is 11.2. The van der Waals surface area contributed by atoms with E-state index in [2.05, 4.69) is 10.0 Å². The van der Waals surface area contributed by atoms with E-state index in [1.54, 1.807) is 27.7 Å². The normalized spacial score (nSPS) is 12.4. The fraction of sp³-hybridized carbons (Fsp3) is 0.846. The van der Waals surface area contributed by atoms with Crippen molar-refractivity contribution in [3.63, 3.8) is 0 Å². The van der Waals surface area contributed by atoms with Gasteiger partial charge in [0.05, 0.1) is 25.0 Å². The topological polar surface area (TPSA) is 122 Å². The number of rotatable bonds is 11. The number of carboxylic acids is 1. The van der Waals surface area contributed by atoms with Gasteiger partial charge in [0.15, 0.2) is 0 Å². The molecular weight excluding hydrogens is 312 g/mol. The van der Waals surface area contributed by atoms with E-state index in [-0.39, 0.29) is 37.9 Å². The highest BCUT2D eigenvalue weighted by molar-refractivity contribution is 7.89. The number of hydrogen-bond acceptors (Lipinski definition) is 5. The maximum Gasteiger partial charge on any atom is 0.303 e. The number of ether oxygens (including phenoxy) is 1. The molecule has 0 aromatic rings. The molecule has 3 N–H and O–H groups in total. The molecule has 0 saturated carbocycles. The van der Waals surface area contributed by atoms with Crippen LogP contribution in [0.1, 0.15) is 40.5 Å². The lowest BCUT2D eigenvalue weighted by molar-refractivity contribution is -0.137. The minimum Gasteiger partial charge on any atom is -0.481 e. The Hall–Kier alpha value is -1.19. The monoisotopic (exact) mass is 338 g/mol. The highest BCUT2D eigenvalue weighted by Gasteiger charge is 2.22. The highest BCUT2D eigenvalue weighted by atomic mass is 32.2. The van der Waals surface area contributed by atoms with Crippen LogP contribution >= 0.6 is 0 Å². The van der Waals surface area contributed by atoms with Crippen molar-refractivity contribution >= 4 is 21.9 Å². The van der Waals surface area contributed by atoms with Gasteiger partial charge in [0.1, 0.15) is 0 Å². The molecule has 0 bridgehead atoms. The van der Waals surface area contributed by atoms with Crippen molar-refractivity contribution in [2.24, 2.45) is 0 Å². The molecule has 0 rings (SSSR count). The van der Waals surface area contributed by atoms with Gasteiger partial charge in [-0.1, -0.05) is 0 Å². The molecule has 0 heterocycles. The average Bonchev–Trinajstić information content (AvgIpc) is 2.33. The zero-order valence-corrected chi connectivity index (χ0v) is 14.3. The van der Waals surface area contributed by atoms with E-state index < -0.39 is 27.4 Å². The molecule has 0 aromatic heterocycles. The Kier molecular flexibility index (Phi) is 8.57. The summed E-state index contributed by atoms with van der Waals surface area (Å²) in [6, 6.07) is 0. The molecule has 8 nitrogen and oxygen atoms in total. The fourth-order valence-electron chi connectivity index (χ4n) is 1.54. The molecule has 0 radical (unpaired) electrons. The van der Waals surface area contributed by atoms with E-state index in [4.69, 9.17) is 9.84 Å². The van der Waals surface area contributed by atoms with Gasteiger partial charge < -0.3 is 15.2 Å².